The number of aryl methyl sites for hydroxylation is 1. The van der Waals surface area contributed by atoms with E-state index in [1.165, 1.54) is 55.2 Å². The van der Waals surface area contributed by atoms with Gasteiger partial charge in [0.15, 0.2) is 0 Å². The first-order valence-corrected chi connectivity index (χ1v) is 9.11. The van der Waals surface area contributed by atoms with Crippen molar-refractivity contribution in [2.75, 3.05) is 0 Å². The molecule has 116 valence electrons. The van der Waals surface area contributed by atoms with E-state index in [0.29, 0.717) is 5.41 Å². The number of fused-ring (bicyclic) bond motifs is 3. The Labute approximate surface area is 135 Å². The molecule has 22 heavy (non-hydrogen) atoms. The Kier molecular flexibility index (Phi) is 3.33. The molecule has 0 heteroatoms. The molecule has 3 aliphatic carbocycles. The van der Waals surface area contributed by atoms with E-state index in [4.69, 9.17) is 0 Å². The fourth-order valence-electron chi connectivity index (χ4n) is 5.57. The van der Waals surface area contributed by atoms with Crippen molar-refractivity contribution in [3.8, 4) is 0 Å². The molecule has 3 aliphatic rings. The second-order valence-electron chi connectivity index (χ2n) is 8.01. The van der Waals surface area contributed by atoms with Crippen molar-refractivity contribution in [2.24, 2.45) is 17.3 Å². The van der Waals surface area contributed by atoms with Crippen LogP contribution in [0.4, 0.5) is 0 Å². The van der Waals surface area contributed by atoms with E-state index in [9.17, 15) is 0 Å². The van der Waals surface area contributed by atoms with Crippen molar-refractivity contribution < 1.29 is 0 Å². The SMILES string of the molecule is CCC1CCC2C3=C(CCC12C)Cc1cc(C)ccc1C=C3. The zero-order valence-electron chi connectivity index (χ0n) is 14.3. The van der Waals surface area contributed by atoms with Gasteiger partial charge in [0.1, 0.15) is 0 Å². The van der Waals surface area contributed by atoms with Crippen LogP contribution in [0.15, 0.2) is 35.4 Å². The summed E-state index contributed by atoms with van der Waals surface area (Å²) in [5.74, 6) is 1.75. The molecule has 0 radical (unpaired) electrons. The zero-order valence-corrected chi connectivity index (χ0v) is 14.3. The van der Waals surface area contributed by atoms with E-state index in [1.54, 1.807) is 11.1 Å². The number of rotatable bonds is 1. The van der Waals surface area contributed by atoms with Gasteiger partial charge in [0.05, 0.1) is 0 Å². The quantitative estimate of drug-likeness (QED) is 0.587. The molecule has 0 heterocycles. The van der Waals surface area contributed by atoms with E-state index in [-0.39, 0.29) is 0 Å². The fourth-order valence-corrected chi connectivity index (χ4v) is 5.57. The van der Waals surface area contributed by atoms with Crippen molar-refractivity contribution >= 4 is 6.08 Å². The van der Waals surface area contributed by atoms with Gasteiger partial charge in [-0.25, -0.2) is 0 Å². The number of hydrogen-bond acceptors (Lipinski definition) is 0. The van der Waals surface area contributed by atoms with Crippen LogP contribution in [0, 0.1) is 24.2 Å². The molecule has 0 spiro atoms. The van der Waals surface area contributed by atoms with Crippen molar-refractivity contribution in [1.29, 1.82) is 0 Å². The number of benzene rings is 1. The van der Waals surface area contributed by atoms with Crippen LogP contribution in [-0.4, -0.2) is 0 Å². The summed E-state index contributed by atoms with van der Waals surface area (Å²) in [7, 11) is 0. The van der Waals surface area contributed by atoms with Gasteiger partial charge in [0.25, 0.3) is 0 Å². The van der Waals surface area contributed by atoms with Gasteiger partial charge in [-0.1, -0.05) is 61.8 Å². The minimum Gasteiger partial charge on any atom is -0.0651 e. The van der Waals surface area contributed by atoms with Crippen LogP contribution in [0.25, 0.3) is 6.08 Å². The predicted octanol–water partition coefficient (Wildman–Crippen LogP) is 6.10. The lowest BCUT2D eigenvalue weighted by Crippen LogP contribution is -2.33. The molecule has 1 saturated carbocycles. The molecular formula is C22H28. The van der Waals surface area contributed by atoms with Crippen LogP contribution in [-0.2, 0) is 6.42 Å². The van der Waals surface area contributed by atoms with Gasteiger partial charge in [0.2, 0.25) is 0 Å². The summed E-state index contributed by atoms with van der Waals surface area (Å²) in [4.78, 5) is 0. The first kappa shape index (κ1) is 14.3. The van der Waals surface area contributed by atoms with Crippen molar-refractivity contribution in [2.45, 2.75) is 59.3 Å². The lowest BCUT2D eigenvalue weighted by atomic mass is 9.62. The summed E-state index contributed by atoms with van der Waals surface area (Å²) < 4.78 is 0. The first-order chi connectivity index (χ1) is 10.6. The maximum Gasteiger partial charge on any atom is -0.00551 e. The normalized spacial score (nSPS) is 33.2. The topological polar surface area (TPSA) is 0 Å². The summed E-state index contributed by atoms with van der Waals surface area (Å²) >= 11 is 0. The monoisotopic (exact) mass is 292 g/mol. The maximum atomic E-state index is 2.58. The Balaban J connectivity index is 1.75. The third-order valence-electron chi connectivity index (χ3n) is 6.92. The number of hydrogen-bond donors (Lipinski definition) is 0. The highest BCUT2D eigenvalue weighted by Gasteiger charge is 2.48. The van der Waals surface area contributed by atoms with Crippen LogP contribution in [0.1, 0.15) is 62.6 Å². The van der Waals surface area contributed by atoms with Crippen molar-refractivity contribution in [3.63, 3.8) is 0 Å². The molecule has 1 fully saturated rings. The molecule has 3 atom stereocenters. The van der Waals surface area contributed by atoms with Gasteiger partial charge in [-0.3, -0.25) is 0 Å². The van der Waals surface area contributed by atoms with Gasteiger partial charge in [-0.2, -0.15) is 0 Å². The highest BCUT2D eigenvalue weighted by molar-refractivity contribution is 5.62. The lowest BCUT2D eigenvalue weighted by Gasteiger charge is -2.42. The van der Waals surface area contributed by atoms with Gasteiger partial charge in [0, 0.05) is 0 Å². The Bertz CT molecular complexity index is 661. The summed E-state index contributed by atoms with van der Waals surface area (Å²) in [5.41, 5.74) is 8.37. The molecule has 1 aromatic carbocycles. The second-order valence-corrected chi connectivity index (χ2v) is 8.01. The largest absolute Gasteiger partial charge is 0.0651 e. The standard InChI is InChI=1S/C22H28/c1-4-19-8-10-21-20-9-7-16-6-5-15(2)13-18(16)14-17(20)11-12-22(19,21)3/h5-7,9,13,19,21H,4,8,10-12,14H2,1-3H3. The molecular weight excluding hydrogens is 264 g/mol. The van der Waals surface area contributed by atoms with Crippen molar-refractivity contribution in [3.05, 3.63) is 52.1 Å². The van der Waals surface area contributed by atoms with Gasteiger partial charge in [-0.05, 0) is 73.0 Å². The zero-order chi connectivity index (χ0) is 15.3. The minimum atomic E-state index is 0.560. The predicted molar refractivity (Wildman–Crippen MR) is 94.8 cm³/mol. The van der Waals surface area contributed by atoms with Gasteiger partial charge in [-0.15, -0.1) is 0 Å². The maximum absolute atomic E-state index is 2.58. The second kappa shape index (κ2) is 5.11. The van der Waals surface area contributed by atoms with Crippen molar-refractivity contribution in [1.82, 2.24) is 0 Å². The Hall–Kier alpha value is -1.30. The molecule has 0 aliphatic heterocycles. The summed E-state index contributed by atoms with van der Waals surface area (Å²) in [5, 5.41) is 0. The molecule has 0 aromatic heterocycles. The third-order valence-corrected chi connectivity index (χ3v) is 6.92. The molecule has 0 saturated heterocycles. The lowest BCUT2D eigenvalue weighted by molar-refractivity contribution is 0.149. The first-order valence-electron chi connectivity index (χ1n) is 9.11. The van der Waals surface area contributed by atoms with E-state index in [0.717, 1.165) is 11.8 Å². The summed E-state index contributed by atoms with van der Waals surface area (Å²) in [6.45, 7) is 7.19. The average Bonchev–Trinajstić information content (AvgIpc) is 2.73. The third kappa shape index (κ3) is 2.03. The van der Waals surface area contributed by atoms with Crippen LogP contribution in [0.2, 0.25) is 0 Å². The van der Waals surface area contributed by atoms with Crippen LogP contribution >= 0.6 is 0 Å². The van der Waals surface area contributed by atoms with Crippen LogP contribution < -0.4 is 0 Å². The fraction of sp³-hybridized carbons (Fsp3) is 0.545. The summed E-state index contributed by atoms with van der Waals surface area (Å²) in [6.07, 6.45) is 13.0. The van der Waals surface area contributed by atoms with E-state index in [1.807, 2.05) is 0 Å². The van der Waals surface area contributed by atoms with Crippen LogP contribution in [0.5, 0.6) is 0 Å². The van der Waals surface area contributed by atoms with Gasteiger partial charge < -0.3 is 0 Å². The molecule has 0 bridgehead atoms. The Morgan fingerprint density at radius 2 is 2.05 bits per heavy atom. The molecule has 4 rings (SSSR count). The molecule has 0 nitrogen and oxygen atoms in total. The highest BCUT2D eigenvalue weighted by atomic mass is 14.5. The molecule has 0 N–H and O–H groups in total. The molecule has 1 aromatic rings. The van der Waals surface area contributed by atoms with Crippen LogP contribution in [0.3, 0.4) is 0 Å². The van der Waals surface area contributed by atoms with E-state index < -0.39 is 0 Å². The highest BCUT2D eigenvalue weighted by Crippen LogP contribution is 2.59. The van der Waals surface area contributed by atoms with Gasteiger partial charge >= 0.3 is 0 Å². The molecule has 0 amide bonds. The average molecular weight is 292 g/mol. The Morgan fingerprint density at radius 3 is 2.86 bits per heavy atom. The smallest absolute Gasteiger partial charge is 0.00551 e. The molecule has 3 unspecified atom stereocenters. The summed E-state index contributed by atoms with van der Waals surface area (Å²) in [6, 6.07) is 6.95. The number of allylic oxidation sites excluding steroid dienone is 3. The van der Waals surface area contributed by atoms with E-state index >= 15 is 0 Å². The Morgan fingerprint density at radius 1 is 1.18 bits per heavy atom. The minimum absolute atomic E-state index is 0.560. The van der Waals surface area contributed by atoms with E-state index in [2.05, 4.69) is 51.1 Å².